The summed E-state index contributed by atoms with van der Waals surface area (Å²) >= 11 is 0. The van der Waals surface area contributed by atoms with Crippen molar-refractivity contribution in [1.29, 1.82) is 0 Å². The lowest BCUT2D eigenvalue weighted by Gasteiger charge is -2.11. The molecule has 110 valence electrons. The van der Waals surface area contributed by atoms with E-state index < -0.39 is 23.2 Å². The van der Waals surface area contributed by atoms with Crippen molar-refractivity contribution in [2.75, 3.05) is 5.32 Å². The summed E-state index contributed by atoms with van der Waals surface area (Å²) in [6, 6.07) is 9.65. The normalized spacial score (nSPS) is 10.5. The SMILES string of the molecule is Cc1ccc(F)c(NC(=O)Cc2ccccc2CN)c1F. The number of benzene rings is 2. The van der Waals surface area contributed by atoms with Gasteiger partial charge in [0.15, 0.2) is 5.82 Å². The maximum absolute atomic E-state index is 13.8. The fraction of sp³-hybridized carbons (Fsp3) is 0.188. The maximum atomic E-state index is 13.8. The van der Waals surface area contributed by atoms with Crippen LogP contribution in [0.4, 0.5) is 14.5 Å². The minimum absolute atomic E-state index is 0.0141. The van der Waals surface area contributed by atoms with E-state index in [9.17, 15) is 13.6 Å². The fourth-order valence-corrected chi connectivity index (χ4v) is 2.06. The van der Waals surface area contributed by atoms with Crippen LogP contribution in [0.15, 0.2) is 36.4 Å². The molecule has 0 radical (unpaired) electrons. The molecule has 0 bridgehead atoms. The molecule has 0 aromatic heterocycles. The first-order valence-electron chi connectivity index (χ1n) is 6.54. The highest BCUT2D eigenvalue weighted by Crippen LogP contribution is 2.22. The molecule has 0 heterocycles. The van der Waals surface area contributed by atoms with Gasteiger partial charge in [-0.3, -0.25) is 4.79 Å². The predicted molar refractivity (Wildman–Crippen MR) is 77.8 cm³/mol. The van der Waals surface area contributed by atoms with Crippen LogP contribution in [0.5, 0.6) is 0 Å². The van der Waals surface area contributed by atoms with Crippen LogP contribution in [0.3, 0.4) is 0 Å². The average molecular weight is 290 g/mol. The molecule has 0 saturated heterocycles. The van der Waals surface area contributed by atoms with Crippen molar-refractivity contribution < 1.29 is 13.6 Å². The van der Waals surface area contributed by atoms with Crippen LogP contribution in [0.2, 0.25) is 0 Å². The zero-order valence-electron chi connectivity index (χ0n) is 11.6. The summed E-state index contributed by atoms with van der Waals surface area (Å²) in [5.41, 5.74) is 7.03. The molecule has 2 rings (SSSR count). The number of nitrogens with two attached hydrogens (primary N) is 1. The second kappa shape index (κ2) is 6.45. The molecule has 0 spiro atoms. The van der Waals surface area contributed by atoms with Crippen LogP contribution in [-0.4, -0.2) is 5.91 Å². The third kappa shape index (κ3) is 3.44. The highest BCUT2D eigenvalue weighted by atomic mass is 19.1. The molecule has 0 saturated carbocycles. The van der Waals surface area contributed by atoms with E-state index in [1.54, 1.807) is 12.1 Å². The number of rotatable bonds is 4. The van der Waals surface area contributed by atoms with Gasteiger partial charge in [0.05, 0.1) is 6.42 Å². The Balaban J connectivity index is 2.18. The number of hydrogen-bond donors (Lipinski definition) is 2. The molecule has 5 heteroatoms. The lowest BCUT2D eigenvalue weighted by molar-refractivity contribution is -0.115. The maximum Gasteiger partial charge on any atom is 0.228 e. The molecule has 2 aromatic rings. The van der Waals surface area contributed by atoms with Crippen molar-refractivity contribution >= 4 is 11.6 Å². The molecular weight excluding hydrogens is 274 g/mol. The molecule has 0 fully saturated rings. The first-order chi connectivity index (χ1) is 10.0. The van der Waals surface area contributed by atoms with E-state index in [-0.39, 0.29) is 12.0 Å². The van der Waals surface area contributed by atoms with Gasteiger partial charge in [-0.1, -0.05) is 30.3 Å². The van der Waals surface area contributed by atoms with Crippen molar-refractivity contribution in [1.82, 2.24) is 0 Å². The molecule has 0 aliphatic carbocycles. The van der Waals surface area contributed by atoms with E-state index in [2.05, 4.69) is 5.32 Å². The van der Waals surface area contributed by atoms with Gasteiger partial charge in [0.2, 0.25) is 5.91 Å². The van der Waals surface area contributed by atoms with Crippen molar-refractivity contribution in [3.8, 4) is 0 Å². The molecule has 3 nitrogen and oxygen atoms in total. The van der Waals surface area contributed by atoms with Crippen LogP contribution in [0, 0.1) is 18.6 Å². The largest absolute Gasteiger partial charge is 0.326 e. The van der Waals surface area contributed by atoms with Gasteiger partial charge in [0, 0.05) is 6.54 Å². The summed E-state index contributed by atoms with van der Waals surface area (Å²) in [4.78, 5) is 12.0. The zero-order valence-corrected chi connectivity index (χ0v) is 11.6. The number of carbonyl (C=O) groups excluding carboxylic acids is 1. The van der Waals surface area contributed by atoms with Crippen LogP contribution in [0.1, 0.15) is 16.7 Å². The molecule has 1 amide bonds. The van der Waals surface area contributed by atoms with Crippen molar-refractivity contribution in [2.45, 2.75) is 19.9 Å². The molecule has 0 aliphatic rings. The van der Waals surface area contributed by atoms with Gasteiger partial charge in [-0.05, 0) is 29.7 Å². The fourth-order valence-electron chi connectivity index (χ4n) is 2.06. The Morgan fingerprint density at radius 3 is 2.48 bits per heavy atom. The Labute approximate surface area is 121 Å². The Hall–Kier alpha value is -2.27. The lowest BCUT2D eigenvalue weighted by atomic mass is 10.0. The van der Waals surface area contributed by atoms with Gasteiger partial charge in [-0.25, -0.2) is 8.78 Å². The summed E-state index contributed by atoms with van der Waals surface area (Å²) in [5.74, 6) is -2.03. The van der Waals surface area contributed by atoms with E-state index >= 15 is 0 Å². The smallest absolute Gasteiger partial charge is 0.228 e. The molecule has 21 heavy (non-hydrogen) atoms. The first-order valence-corrected chi connectivity index (χ1v) is 6.54. The Morgan fingerprint density at radius 2 is 1.81 bits per heavy atom. The topological polar surface area (TPSA) is 55.1 Å². The number of aryl methyl sites for hydroxylation is 1. The average Bonchev–Trinajstić information content (AvgIpc) is 2.48. The number of anilines is 1. The Bertz CT molecular complexity index is 671. The molecule has 2 aromatic carbocycles. The highest BCUT2D eigenvalue weighted by molar-refractivity contribution is 5.92. The molecule has 0 aliphatic heterocycles. The van der Waals surface area contributed by atoms with Gasteiger partial charge >= 0.3 is 0 Å². The molecule has 3 N–H and O–H groups in total. The van der Waals surface area contributed by atoms with E-state index in [1.165, 1.54) is 13.0 Å². The van der Waals surface area contributed by atoms with Crippen molar-refractivity contribution in [2.24, 2.45) is 5.73 Å². The van der Waals surface area contributed by atoms with Crippen LogP contribution >= 0.6 is 0 Å². The van der Waals surface area contributed by atoms with Gasteiger partial charge in [0.1, 0.15) is 11.5 Å². The second-order valence-electron chi connectivity index (χ2n) is 4.75. The lowest BCUT2D eigenvalue weighted by Crippen LogP contribution is -2.18. The van der Waals surface area contributed by atoms with Crippen LogP contribution in [0.25, 0.3) is 0 Å². The number of nitrogens with one attached hydrogen (secondary N) is 1. The summed E-state index contributed by atoms with van der Waals surface area (Å²) in [7, 11) is 0. The number of halogens is 2. The molecule has 0 atom stereocenters. The van der Waals surface area contributed by atoms with E-state index in [4.69, 9.17) is 5.73 Å². The third-order valence-electron chi connectivity index (χ3n) is 3.24. The monoisotopic (exact) mass is 290 g/mol. The zero-order chi connectivity index (χ0) is 15.4. The van der Waals surface area contributed by atoms with Crippen LogP contribution in [-0.2, 0) is 17.8 Å². The van der Waals surface area contributed by atoms with Crippen LogP contribution < -0.4 is 11.1 Å². The number of carbonyl (C=O) groups is 1. The van der Waals surface area contributed by atoms with Gasteiger partial charge < -0.3 is 11.1 Å². The third-order valence-corrected chi connectivity index (χ3v) is 3.24. The molecular formula is C16H16F2N2O. The Morgan fingerprint density at radius 1 is 1.14 bits per heavy atom. The van der Waals surface area contributed by atoms with Gasteiger partial charge in [-0.15, -0.1) is 0 Å². The van der Waals surface area contributed by atoms with E-state index in [0.29, 0.717) is 6.54 Å². The summed E-state index contributed by atoms with van der Waals surface area (Å²) in [5, 5.41) is 2.29. The van der Waals surface area contributed by atoms with Gasteiger partial charge in [-0.2, -0.15) is 0 Å². The highest BCUT2D eigenvalue weighted by Gasteiger charge is 2.15. The van der Waals surface area contributed by atoms with Gasteiger partial charge in [0.25, 0.3) is 0 Å². The van der Waals surface area contributed by atoms with E-state index in [1.807, 2.05) is 12.1 Å². The minimum atomic E-state index is -0.793. The first kappa shape index (κ1) is 15.1. The quantitative estimate of drug-likeness (QED) is 0.909. The van der Waals surface area contributed by atoms with E-state index in [0.717, 1.165) is 17.2 Å². The predicted octanol–water partition coefficient (Wildman–Crippen LogP) is 2.91. The molecule has 0 unspecified atom stereocenters. The Kier molecular flexibility index (Phi) is 4.65. The summed E-state index contributed by atoms with van der Waals surface area (Å²) < 4.78 is 27.4. The second-order valence-corrected chi connectivity index (χ2v) is 4.75. The van der Waals surface area contributed by atoms with Crippen molar-refractivity contribution in [3.05, 3.63) is 64.7 Å². The summed E-state index contributed by atoms with van der Waals surface area (Å²) in [6.07, 6.45) is 0.0141. The van der Waals surface area contributed by atoms with Crippen molar-refractivity contribution in [3.63, 3.8) is 0 Å². The minimum Gasteiger partial charge on any atom is -0.326 e. The number of amides is 1. The number of hydrogen-bond acceptors (Lipinski definition) is 2. The standard InChI is InChI=1S/C16H16F2N2O/c1-10-6-7-13(17)16(15(10)18)20-14(21)8-11-4-2-3-5-12(11)9-19/h2-7H,8-9,19H2,1H3,(H,20,21). The summed E-state index contributed by atoms with van der Waals surface area (Å²) in [6.45, 7) is 1.81.